The third kappa shape index (κ3) is 5.15. The van der Waals surface area contributed by atoms with Gasteiger partial charge < -0.3 is 21.1 Å². The van der Waals surface area contributed by atoms with Crippen molar-refractivity contribution in [1.82, 2.24) is 10.6 Å². The molecule has 1 saturated heterocycles. The fraction of sp³-hybridized carbons (Fsp3) is 0.591. The van der Waals surface area contributed by atoms with Crippen LogP contribution in [0.25, 0.3) is 0 Å². The maximum atomic E-state index is 13.1. The van der Waals surface area contributed by atoms with Crippen LogP contribution in [0.5, 0.6) is 0 Å². The maximum Gasteiger partial charge on any atom is 0.251 e. The van der Waals surface area contributed by atoms with E-state index in [1.54, 1.807) is 24.3 Å². The van der Waals surface area contributed by atoms with Gasteiger partial charge in [0.05, 0.1) is 6.10 Å². The minimum Gasteiger partial charge on any atom is -0.399 e. The van der Waals surface area contributed by atoms with E-state index in [0.717, 1.165) is 25.7 Å². The van der Waals surface area contributed by atoms with Crippen LogP contribution in [-0.4, -0.2) is 42.4 Å². The van der Waals surface area contributed by atoms with Crippen LogP contribution in [-0.2, 0) is 14.3 Å². The van der Waals surface area contributed by atoms with Gasteiger partial charge in [-0.2, -0.15) is 0 Å². The van der Waals surface area contributed by atoms with Crippen molar-refractivity contribution in [2.24, 2.45) is 5.41 Å². The summed E-state index contributed by atoms with van der Waals surface area (Å²) in [5, 5.41) is 5.72. The average molecular weight is 402 g/mol. The molecule has 0 unspecified atom stereocenters. The Bertz CT molecular complexity index is 756. The number of nitrogens with two attached hydrogens (primary N) is 1. The number of hydrogen-bond acceptors (Lipinski definition) is 5. The number of amides is 2. The molecular formula is C22H31N3O4. The monoisotopic (exact) mass is 401 g/mol. The normalized spacial score (nSPS) is 24.3. The first-order valence-electron chi connectivity index (χ1n) is 10.4. The van der Waals surface area contributed by atoms with E-state index < -0.39 is 12.1 Å². The molecule has 7 heteroatoms. The molecule has 4 N–H and O–H groups in total. The molecule has 3 rings (SSSR count). The Kier molecular flexibility index (Phi) is 6.57. The summed E-state index contributed by atoms with van der Waals surface area (Å²) in [6.45, 7) is 4.10. The minimum absolute atomic E-state index is 0.00323. The van der Waals surface area contributed by atoms with Gasteiger partial charge in [-0.25, -0.2) is 0 Å². The van der Waals surface area contributed by atoms with Gasteiger partial charge in [0.1, 0.15) is 18.7 Å². The first-order valence-corrected chi connectivity index (χ1v) is 10.4. The molecule has 0 radical (unpaired) electrons. The number of carbonyl (C=O) groups is 3. The second-order valence-corrected chi connectivity index (χ2v) is 8.58. The van der Waals surface area contributed by atoms with Gasteiger partial charge in [0, 0.05) is 11.3 Å². The number of ether oxygens (including phenoxy) is 1. The molecule has 29 heavy (non-hydrogen) atoms. The van der Waals surface area contributed by atoms with E-state index in [1.807, 2.05) is 6.92 Å². The van der Waals surface area contributed by atoms with Crippen LogP contribution in [0.2, 0.25) is 0 Å². The Morgan fingerprint density at radius 1 is 1.24 bits per heavy atom. The summed E-state index contributed by atoms with van der Waals surface area (Å²) in [6, 6.07) is 5.22. The first kappa shape index (κ1) is 21.3. The van der Waals surface area contributed by atoms with Crippen LogP contribution in [0.3, 0.4) is 0 Å². The van der Waals surface area contributed by atoms with E-state index in [-0.39, 0.29) is 35.7 Å². The lowest BCUT2D eigenvalue weighted by Crippen LogP contribution is -2.54. The summed E-state index contributed by atoms with van der Waals surface area (Å²) in [5.41, 5.74) is 6.70. The Morgan fingerprint density at radius 3 is 2.52 bits per heavy atom. The second kappa shape index (κ2) is 8.95. The molecule has 158 valence electrons. The van der Waals surface area contributed by atoms with E-state index in [9.17, 15) is 14.4 Å². The molecule has 1 aliphatic heterocycles. The van der Waals surface area contributed by atoms with E-state index in [2.05, 4.69) is 17.6 Å². The summed E-state index contributed by atoms with van der Waals surface area (Å²) in [4.78, 5) is 38.0. The number of nitrogens with one attached hydrogen (secondary N) is 2. The highest BCUT2D eigenvalue weighted by Gasteiger charge is 2.39. The van der Waals surface area contributed by atoms with Crippen molar-refractivity contribution in [1.29, 1.82) is 0 Å². The van der Waals surface area contributed by atoms with E-state index >= 15 is 0 Å². The smallest absolute Gasteiger partial charge is 0.251 e. The van der Waals surface area contributed by atoms with Crippen LogP contribution >= 0.6 is 0 Å². The molecule has 0 spiro atoms. The quantitative estimate of drug-likeness (QED) is 0.607. The molecule has 7 nitrogen and oxygen atoms in total. The molecule has 1 saturated carbocycles. The van der Waals surface area contributed by atoms with Gasteiger partial charge in [0.15, 0.2) is 5.78 Å². The first-order chi connectivity index (χ1) is 13.8. The van der Waals surface area contributed by atoms with Crippen LogP contribution in [0.1, 0.15) is 62.7 Å². The Morgan fingerprint density at radius 2 is 1.90 bits per heavy atom. The molecule has 3 atom stereocenters. The molecule has 2 fully saturated rings. The van der Waals surface area contributed by atoms with Crippen LogP contribution < -0.4 is 16.4 Å². The van der Waals surface area contributed by atoms with Gasteiger partial charge in [-0.15, -0.1) is 0 Å². The molecular weight excluding hydrogens is 370 g/mol. The van der Waals surface area contributed by atoms with Crippen molar-refractivity contribution in [3.8, 4) is 0 Å². The fourth-order valence-corrected chi connectivity index (χ4v) is 4.37. The predicted molar refractivity (Wildman–Crippen MR) is 110 cm³/mol. The minimum atomic E-state index is -0.714. The lowest BCUT2D eigenvalue weighted by molar-refractivity contribution is -0.128. The standard InChI is InChI=1S/C22H31N3O4/c1-3-18-19(17(26)13-29-18)25-21(28)16(12-22(2)10-4-5-11-22)24-20(27)14-6-8-15(23)9-7-14/h6-9,16,18-19H,3-5,10-13,23H2,1-2H3,(H,24,27)(H,25,28)/t16-,18-,19+/m0/s1. The van der Waals surface area contributed by atoms with Gasteiger partial charge >= 0.3 is 0 Å². The zero-order valence-electron chi connectivity index (χ0n) is 17.2. The number of ketones is 1. The molecule has 1 heterocycles. The summed E-state index contributed by atoms with van der Waals surface area (Å²) >= 11 is 0. The van der Waals surface area contributed by atoms with Crippen molar-refractivity contribution in [2.75, 3.05) is 12.3 Å². The summed E-state index contributed by atoms with van der Waals surface area (Å²) in [7, 11) is 0. The average Bonchev–Trinajstić information content (AvgIpc) is 3.27. The van der Waals surface area contributed by atoms with E-state index in [0.29, 0.717) is 24.1 Å². The Hall–Kier alpha value is -2.41. The zero-order chi connectivity index (χ0) is 21.0. The number of rotatable bonds is 7. The Balaban J connectivity index is 1.74. The molecule has 1 aromatic carbocycles. The molecule has 2 aliphatic rings. The van der Waals surface area contributed by atoms with Crippen molar-refractivity contribution in [2.45, 2.75) is 70.6 Å². The lowest BCUT2D eigenvalue weighted by atomic mass is 9.81. The van der Waals surface area contributed by atoms with Crippen LogP contribution in [0.4, 0.5) is 5.69 Å². The van der Waals surface area contributed by atoms with Crippen LogP contribution in [0.15, 0.2) is 24.3 Å². The molecule has 2 amide bonds. The molecule has 1 aliphatic carbocycles. The summed E-state index contributed by atoms with van der Waals surface area (Å²) < 4.78 is 5.46. The van der Waals surface area contributed by atoms with Gasteiger partial charge in [-0.05, 0) is 55.4 Å². The van der Waals surface area contributed by atoms with Crippen molar-refractivity contribution >= 4 is 23.3 Å². The third-order valence-electron chi connectivity index (χ3n) is 6.16. The predicted octanol–water partition coefficient (Wildman–Crippen LogP) is 2.20. The maximum absolute atomic E-state index is 13.1. The number of carbonyl (C=O) groups excluding carboxylic acids is 3. The summed E-state index contributed by atoms with van der Waals surface area (Å²) in [6.07, 6.45) is 5.17. The SMILES string of the molecule is CC[C@@H]1OCC(=O)[C@H]1NC(=O)[C@H](CC1(C)CCCC1)NC(=O)c1ccc(N)cc1. The van der Waals surface area contributed by atoms with Gasteiger partial charge in [0.25, 0.3) is 5.91 Å². The molecule has 0 aromatic heterocycles. The van der Waals surface area contributed by atoms with Gasteiger partial charge in [0.2, 0.25) is 5.91 Å². The van der Waals surface area contributed by atoms with E-state index in [1.165, 1.54) is 0 Å². The Labute approximate surface area is 171 Å². The van der Waals surface area contributed by atoms with Crippen LogP contribution in [0, 0.1) is 5.41 Å². The number of hydrogen-bond donors (Lipinski definition) is 3. The fourth-order valence-electron chi connectivity index (χ4n) is 4.37. The number of Topliss-reactive ketones (excluding diaryl/α,β-unsaturated/α-hetero) is 1. The number of anilines is 1. The second-order valence-electron chi connectivity index (χ2n) is 8.58. The lowest BCUT2D eigenvalue weighted by Gasteiger charge is -2.30. The van der Waals surface area contributed by atoms with Crippen molar-refractivity contribution in [3.63, 3.8) is 0 Å². The molecule has 1 aromatic rings. The topological polar surface area (TPSA) is 111 Å². The third-order valence-corrected chi connectivity index (χ3v) is 6.16. The summed E-state index contributed by atoms with van der Waals surface area (Å²) in [5.74, 6) is -0.780. The zero-order valence-corrected chi connectivity index (χ0v) is 17.2. The van der Waals surface area contributed by atoms with Gasteiger partial charge in [-0.3, -0.25) is 14.4 Å². The van der Waals surface area contributed by atoms with Gasteiger partial charge in [-0.1, -0.05) is 26.7 Å². The number of nitrogen functional groups attached to an aromatic ring is 1. The largest absolute Gasteiger partial charge is 0.399 e. The molecule has 0 bridgehead atoms. The highest BCUT2D eigenvalue weighted by Crippen LogP contribution is 2.41. The number of benzene rings is 1. The highest BCUT2D eigenvalue weighted by atomic mass is 16.5. The van der Waals surface area contributed by atoms with E-state index in [4.69, 9.17) is 10.5 Å². The van der Waals surface area contributed by atoms with Crippen molar-refractivity contribution < 1.29 is 19.1 Å². The van der Waals surface area contributed by atoms with Crippen molar-refractivity contribution in [3.05, 3.63) is 29.8 Å². The highest BCUT2D eigenvalue weighted by molar-refractivity contribution is 5.99.